The molecule has 10 nitrogen and oxygen atoms in total. The van der Waals surface area contributed by atoms with Crippen LogP contribution in [-0.2, 0) is 4.74 Å². The normalized spacial score (nSPS) is 18.3. The van der Waals surface area contributed by atoms with E-state index >= 15 is 0 Å². The SMILES string of the molecule is O=[N+]([O-])c1c(N2CCCC2)cc(NCCCN2CCOCC2)c2nonc12. The summed E-state index contributed by atoms with van der Waals surface area (Å²) in [5.74, 6) is 0. The second kappa shape index (κ2) is 8.05. The van der Waals surface area contributed by atoms with Gasteiger partial charge in [0.1, 0.15) is 5.69 Å². The molecule has 4 rings (SSSR count). The summed E-state index contributed by atoms with van der Waals surface area (Å²) in [6, 6.07) is 1.82. The third-order valence-corrected chi connectivity index (χ3v) is 5.19. The average Bonchev–Trinajstić information content (AvgIpc) is 3.37. The lowest BCUT2D eigenvalue weighted by Crippen LogP contribution is -2.37. The van der Waals surface area contributed by atoms with Crippen molar-refractivity contribution < 1.29 is 14.3 Å². The summed E-state index contributed by atoms with van der Waals surface area (Å²) in [5.41, 5.74) is 1.93. The van der Waals surface area contributed by atoms with Gasteiger partial charge in [-0.15, -0.1) is 0 Å². The molecule has 10 heteroatoms. The molecule has 0 spiro atoms. The molecule has 3 heterocycles. The Labute approximate surface area is 156 Å². The number of nitrogens with one attached hydrogen (secondary N) is 1. The maximum atomic E-state index is 11.7. The van der Waals surface area contributed by atoms with E-state index in [1.807, 2.05) is 11.0 Å². The molecule has 0 saturated carbocycles. The lowest BCUT2D eigenvalue weighted by atomic mass is 10.1. The van der Waals surface area contributed by atoms with Crippen LogP contribution in [-0.4, -0.2) is 72.6 Å². The van der Waals surface area contributed by atoms with Gasteiger partial charge in [0.15, 0.2) is 5.52 Å². The van der Waals surface area contributed by atoms with Crippen molar-refractivity contribution in [1.82, 2.24) is 15.2 Å². The van der Waals surface area contributed by atoms with Crippen LogP contribution in [0.25, 0.3) is 11.0 Å². The maximum Gasteiger partial charge on any atom is 0.323 e. The van der Waals surface area contributed by atoms with Crippen molar-refractivity contribution in [2.75, 3.05) is 62.7 Å². The number of anilines is 2. The minimum atomic E-state index is -0.387. The highest BCUT2D eigenvalue weighted by Gasteiger charge is 2.29. The van der Waals surface area contributed by atoms with Crippen LogP contribution >= 0.6 is 0 Å². The zero-order valence-corrected chi connectivity index (χ0v) is 15.2. The van der Waals surface area contributed by atoms with E-state index in [2.05, 4.69) is 20.5 Å². The Balaban J connectivity index is 1.52. The van der Waals surface area contributed by atoms with Crippen molar-refractivity contribution in [3.8, 4) is 0 Å². The summed E-state index contributed by atoms with van der Waals surface area (Å²) in [6.45, 7) is 6.88. The van der Waals surface area contributed by atoms with Crippen molar-refractivity contribution in [2.24, 2.45) is 0 Å². The van der Waals surface area contributed by atoms with Gasteiger partial charge in [-0.05, 0) is 42.2 Å². The van der Waals surface area contributed by atoms with Crippen LogP contribution in [0, 0.1) is 10.1 Å². The standard InChI is InChI=1S/C17H24N6O4/c24-23(25)17-14(22-6-1-2-7-22)12-13(15-16(17)20-27-19-15)18-4-3-5-21-8-10-26-11-9-21/h12,18H,1-11H2. The fourth-order valence-electron chi connectivity index (χ4n) is 3.78. The lowest BCUT2D eigenvalue weighted by molar-refractivity contribution is -0.382. The fraction of sp³-hybridized carbons (Fsp3) is 0.647. The largest absolute Gasteiger partial charge is 0.383 e. The van der Waals surface area contributed by atoms with Gasteiger partial charge in [-0.1, -0.05) is 0 Å². The Morgan fingerprint density at radius 3 is 2.63 bits per heavy atom. The van der Waals surface area contributed by atoms with Gasteiger partial charge >= 0.3 is 5.69 Å². The lowest BCUT2D eigenvalue weighted by Gasteiger charge is -2.26. The predicted octanol–water partition coefficient (Wildman–Crippen LogP) is 1.87. The van der Waals surface area contributed by atoms with Crippen molar-refractivity contribution >= 4 is 28.1 Å². The molecule has 1 aromatic carbocycles. The predicted molar refractivity (Wildman–Crippen MR) is 100 cm³/mol. The third-order valence-electron chi connectivity index (χ3n) is 5.19. The molecule has 27 heavy (non-hydrogen) atoms. The molecule has 2 aromatic rings. The molecule has 0 atom stereocenters. The molecule has 2 saturated heterocycles. The number of benzene rings is 1. The van der Waals surface area contributed by atoms with Crippen molar-refractivity contribution in [3.05, 3.63) is 16.2 Å². The molecule has 1 N–H and O–H groups in total. The quantitative estimate of drug-likeness (QED) is 0.440. The average molecular weight is 376 g/mol. The van der Waals surface area contributed by atoms with Crippen molar-refractivity contribution in [3.63, 3.8) is 0 Å². The molecule has 146 valence electrons. The number of hydrogen-bond acceptors (Lipinski definition) is 9. The Bertz CT molecular complexity index is 798. The monoisotopic (exact) mass is 376 g/mol. The number of hydrogen-bond donors (Lipinski definition) is 1. The summed E-state index contributed by atoms with van der Waals surface area (Å²) in [7, 11) is 0. The molecule has 0 aliphatic carbocycles. The molecule has 2 fully saturated rings. The van der Waals surface area contributed by atoms with Gasteiger partial charge in [0, 0.05) is 32.7 Å². The number of nitro groups is 1. The zero-order valence-electron chi connectivity index (χ0n) is 15.2. The van der Waals surface area contributed by atoms with Crippen LogP contribution in [0.1, 0.15) is 19.3 Å². The molecule has 0 bridgehead atoms. The van der Waals surface area contributed by atoms with E-state index in [9.17, 15) is 10.1 Å². The van der Waals surface area contributed by atoms with Gasteiger partial charge < -0.3 is 15.0 Å². The van der Waals surface area contributed by atoms with E-state index in [0.717, 1.165) is 77.4 Å². The number of rotatable bonds is 7. The van der Waals surface area contributed by atoms with E-state index in [4.69, 9.17) is 9.37 Å². The van der Waals surface area contributed by atoms with Gasteiger partial charge in [-0.3, -0.25) is 15.0 Å². The smallest absolute Gasteiger partial charge is 0.323 e. The van der Waals surface area contributed by atoms with E-state index in [1.165, 1.54) is 0 Å². The van der Waals surface area contributed by atoms with E-state index in [0.29, 0.717) is 11.2 Å². The molecule has 2 aliphatic heterocycles. The van der Waals surface area contributed by atoms with Crippen molar-refractivity contribution in [2.45, 2.75) is 19.3 Å². The van der Waals surface area contributed by atoms with Crippen LogP contribution < -0.4 is 10.2 Å². The maximum absolute atomic E-state index is 11.7. The molecule has 0 radical (unpaired) electrons. The molecule has 1 aromatic heterocycles. The highest BCUT2D eigenvalue weighted by molar-refractivity contribution is 5.99. The third kappa shape index (κ3) is 3.81. The molecule has 2 aliphatic rings. The first-order chi connectivity index (χ1) is 13.2. The van der Waals surface area contributed by atoms with E-state index < -0.39 is 0 Å². The number of morpholine rings is 1. The Kier molecular flexibility index (Phi) is 5.35. The highest BCUT2D eigenvalue weighted by Crippen LogP contribution is 2.40. The van der Waals surface area contributed by atoms with Crippen molar-refractivity contribution in [1.29, 1.82) is 0 Å². The summed E-state index contributed by atoms with van der Waals surface area (Å²) in [6.07, 6.45) is 3.03. The Morgan fingerprint density at radius 2 is 1.89 bits per heavy atom. The first kappa shape index (κ1) is 17.9. The van der Waals surface area contributed by atoms with Gasteiger partial charge in [0.25, 0.3) is 0 Å². The Hall–Kier alpha value is -2.46. The first-order valence-electron chi connectivity index (χ1n) is 9.46. The van der Waals surface area contributed by atoms with Gasteiger partial charge in [0.2, 0.25) is 5.52 Å². The van der Waals surface area contributed by atoms with Crippen LogP contribution in [0.5, 0.6) is 0 Å². The number of fused-ring (bicyclic) bond motifs is 1. The highest BCUT2D eigenvalue weighted by atomic mass is 16.6. The summed E-state index contributed by atoms with van der Waals surface area (Å²) in [4.78, 5) is 15.7. The van der Waals surface area contributed by atoms with E-state index in [1.54, 1.807) is 0 Å². The summed E-state index contributed by atoms with van der Waals surface area (Å²) < 4.78 is 10.2. The molecular formula is C17H24N6O4. The van der Waals surface area contributed by atoms with Gasteiger partial charge in [0.05, 0.1) is 23.8 Å². The first-order valence-corrected chi connectivity index (χ1v) is 9.46. The Morgan fingerprint density at radius 1 is 1.15 bits per heavy atom. The number of aromatic nitrogens is 2. The van der Waals surface area contributed by atoms with Gasteiger partial charge in [-0.25, -0.2) is 4.63 Å². The topological polar surface area (TPSA) is 110 Å². The molecular weight excluding hydrogens is 352 g/mol. The summed E-state index contributed by atoms with van der Waals surface area (Å²) >= 11 is 0. The number of nitrogens with zero attached hydrogens (tertiary/aromatic N) is 5. The van der Waals surface area contributed by atoms with Gasteiger partial charge in [-0.2, -0.15) is 0 Å². The molecule has 0 unspecified atom stereocenters. The number of nitro benzene ring substituents is 1. The van der Waals surface area contributed by atoms with Crippen LogP contribution in [0.2, 0.25) is 0 Å². The van der Waals surface area contributed by atoms with Crippen LogP contribution in [0.15, 0.2) is 10.7 Å². The fourth-order valence-corrected chi connectivity index (χ4v) is 3.78. The second-order valence-corrected chi connectivity index (χ2v) is 6.94. The summed E-state index contributed by atoms with van der Waals surface area (Å²) in [5, 5.41) is 22.8. The second-order valence-electron chi connectivity index (χ2n) is 6.94. The zero-order chi connectivity index (χ0) is 18.6. The minimum absolute atomic E-state index is 0.0213. The minimum Gasteiger partial charge on any atom is -0.383 e. The number of ether oxygens (including phenoxy) is 1. The van der Waals surface area contributed by atoms with Crippen LogP contribution in [0.4, 0.5) is 17.1 Å². The molecule has 0 amide bonds. The van der Waals surface area contributed by atoms with E-state index in [-0.39, 0.29) is 16.1 Å². The van der Waals surface area contributed by atoms with Crippen LogP contribution in [0.3, 0.4) is 0 Å².